The van der Waals surface area contributed by atoms with Crippen LogP contribution in [0.4, 0.5) is 4.79 Å². The summed E-state index contributed by atoms with van der Waals surface area (Å²) in [6, 6.07) is 0. The van der Waals surface area contributed by atoms with Crippen molar-refractivity contribution in [2.24, 2.45) is 17.3 Å². The Morgan fingerprint density at radius 3 is 2.36 bits per heavy atom. The van der Waals surface area contributed by atoms with Gasteiger partial charge in [-0.25, -0.2) is 9.59 Å². The molecule has 5 nitrogen and oxygen atoms in total. The molecule has 4 aliphatic carbocycles. The molecule has 0 N–H and O–H groups in total. The Balaban J connectivity index is 1.49. The number of ether oxygens (including phenoxy) is 3. The second-order valence-corrected chi connectivity index (χ2v) is 7.53. The lowest BCUT2D eigenvalue weighted by Crippen LogP contribution is -2.56. The average molecular weight is 308 g/mol. The molecule has 4 rings (SSSR count). The Morgan fingerprint density at radius 2 is 1.77 bits per heavy atom. The van der Waals surface area contributed by atoms with E-state index in [1.807, 2.05) is 0 Å². The lowest BCUT2D eigenvalue weighted by Gasteiger charge is -2.60. The smallest absolute Gasteiger partial charge is 0.459 e. The van der Waals surface area contributed by atoms with E-state index >= 15 is 0 Å². The maximum atomic E-state index is 11.9. The van der Waals surface area contributed by atoms with Crippen LogP contribution in [0.5, 0.6) is 0 Å². The van der Waals surface area contributed by atoms with Gasteiger partial charge in [-0.05, 0) is 55.8 Å². The topological polar surface area (TPSA) is 61.8 Å². The van der Waals surface area contributed by atoms with E-state index in [4.69, 9.17) is 14.2 Å². The predicted octanol–water partition coefficient (Wildman–Crippen LogP) is 3.23. The Labute approximate surface area is 131 Å². The van der Waals surface area contributed by atoms with Gasteiger partial charge in [0, 0.05) is 6.08 Å². The molecular weight excluding hydrogens is 284 g/mol. The fraction of sp³-hybridized carbons (Fsp3) is 0.765. The minimum Gasteiger partial charge on any atom is -0.459 e. The van der Waals surface area contributed by atoms with Gasteiger partial charge in [-0.15, -0.1) is 0 Å². The van der Waals surface area contributed by atoms with Crippen LogP contribution >= 0.6 is 0 Å². The van der Waals surface area contributed by atoms with Crippen LogP contribution < -0.4 is 0 Å². The second-order valence-electron chi connectivity index (χ2n) is 7.53. The zero-order valence-corrected chi connectivity index (χ0v) is 13.1. The number of rotatable bonds is 5. The normalized spacial score (nSPS) is 38.4. The van der Waals surface area contributed by atoms with Gasteiger partial charge >= 0.3 is 12.1 Å². The number of carbonyl (C=O) groups is 2. The predicted molar refractivity (Wildman–Crippen MR) is 79.1 cm³/mol. The van der Waals surface area contributed by atoms with Crippen molar-refractivity contribution in [3.05, 3.63) is 12.7 Å². The zero-order chi connectivity index (χ0) is 15.8. The lowest BCUT2D eigenvalue weighted by atomic mass is 9.48. The van der Waals surface area contributed by atoms with Crippen LogP contribution in [-0.4, -0.2) is 30.9 Å². The fourth-order valence-corrected chi connectivity index (χ4v) is 5.28. The Hall–Kier alpha value is -1.52. The van der Waals surface area contributed by atoms with Crippen LogP contribution in [-0.2, 0) is 19.0 Å². The monoisotopic (exact) mass is 308 g/mol. The van der Waals surface area contributed by atoms with Crippen LogP contribution in [0.25, 0.3) is 0 Å². The van der Waals surface area contributed by atoms with E-state index in [2.05, 4.69) is 13.5 Å². The largest absolute Gasteiger partial charge is 0.508 e. The fourth-order valence-electron chi connectivity index (χ4n) is 5.28. The molecule has 0 aromatic heterocycles. The molecule has 5 heteroatoms. The van der Waals surface area contributed by atoms with Crippen LogP contribution in [0.3, 0.4) is 0 Å². The van der Waals surface area contributed by atoms with Crippen LogP contribution in [0.2, 0.25) is 0 Å². The van der Waals surface area contributed by atoms with Crippen LogP contribution in [0, 0.1) is 17.3 Å². The van der Waals surface area contributed by atoms with Crippen molar-refractivity contribution in [3.8, 4) is 0 Å². The van der Waals surface area contributed by atoms with E-state index in [1.54, 1.807) is 0 Å². The maximum absolute atomic E-state index is 11.9. The van der Waals surface area contributed by atoms with Gasteiger partial charge in [0.2, 0.25) is 0 Å². The molecule has 0 amide bonds. The van der Waals surface area contributed by atoms with Crippen LogP contribution in [0.1, 0.15) is 45.4 Å². The molecular formula is C17H24O5. The quantitative estimate of drug-likeness (QED) is 0.443. The second kappa shape index (κ2) is 5.60. The minimum absolute atomic E-state index is 0.0125. The van der Waals surface area contributed by atoms with E-state index in [-0.39, 0.29) is 18.8 Å². The van der Waals surface area contributed by atoms with Gasteiger partial charge < -0.3 is 14.2 Å². The molecule has 4 fully saturated rings. The van der Waals surface area contributed by atoms with E-state index in [9.17, 15) is 9.59 Å². The average Bonchev–Trinajstić information content (AvgIpc) is 2.39. The van der Waals surface area contributed by atoms with Crippen molar-refractivity contribution in [3.63, 3.8) is 0 Å². The molecule has 22 heavy (non-hydrogen) atoms. The summed E-state index contributed by atoms with van der Waals surface area (Å²) in [5.41, 5.74) is -0.00242. The first kappa shape index (κ1) is 15.4. The van der Waals surface area contributed by atoms with Gasteiger partial charge in [0.1, 0.15) is 18.8 Å². The number of esters is 1. The van der Waals surface area contributed by atoms with Crippen molar-refractivity contribution < 1.29 is 23.8 Å². The summed E-state index contributed by atoms with van der Waals surface area (Å²) in [6.07, 6.45) is 7.15. The highest BCUT2D eigenvalue weighted by atomic mass is 16.7. The molecule has 0 aromatic rings. The first-order valence-corrected chi connectivity index (χ1v) is 8.07. The lowest BCUT2D eigenvalue weighted by molar-refractivity contribution is -0.170. The molecule has 4 saturated carbocycles. The van der Waals surface area contributed by atoms with E-state index in [1.165, 1.54) is 19.3 Å². The highest BCUT2D eigenvalue weighted by Gasteiger charge is 2.58. The van der Waals surface area contributed by atoms with E-state index in [0.29, 0.717) is 17.3 Å². The SMILES string of the molecule is C=CC(=O)OCCOC(=O)OC12CC3CC(CC(C)(C3)C1)C2. The minimum atomic E-state index is -0.639. The maximum Gasteiger partial charge on any atom is 0.508 e. The van der Waals surface area contributed by atoms with Gasteiger partial charge in [0.05, 0.1) is 0 Å². The molecule has 122 valence electrons. The third-order valence-corrected chi connectivity index (χ3v) is 5.31. The Bertz CT molecular complexity index is 469. The molecule has 0 saturated heterocycles. The van der Waals surface area contributed by atoms with Gasteiger partial charge in [0.25, 0.3) is 0 Å². The van der Waals surface area contributed by atoms with Crippen molar-refractivity contribution in [1.82, 2.24) is 0 Å². The van der Waals surface area contributed by atoms with E-state index < -0.39 is 12.1 Å². The Morgan fingerprint density at radius 1 is 1.14 bits per heavy atom. The van der Waals surface area contributed by atoms with Gasteiger partial charge in [0.15, 0.2) is 0 Å². The van der Waals surface area contributed by atoms with Crippen molar-refractivity contribution >= 4 is 12.1 Å². The zero-order valence-electron chi connectivity index (χ0n) is 13.1. The summed E-state index contributed by atoms with van der Waals surface area (Å²) < 4.78 is 15.5. The highest BCUT2D eigenvalue weighted by Crippen LogP contribution is 2.62. The first-order valence-electron chi connectivity index (χ1n) is 8.07. The summed E-state index contributed by atoms with van der Waals surface area (Å²) in [5.74, 6) is 0.853. The highest BCUT2D eigenvalue weighted by molar-refractivity contribution is 5.81. The third kappa shape index (κ3) is 3.13. The number of hydrogen-bond donors (Lipinski definition) is 0. The third-order valence-electron chi connectivity index (χ3n) is 5.31. The molecule has 0 aliphatic heterocycles. The standard InChI is InChI=1S/C17H24O5/c1-3-14(18)20-4-5-21-15(19)22-17-9-12-6-13(10-17)8-16(2,7-12)11-17/h3,12-13H,1,4-11H2,2H3. The van der Waals surface area contributed by atoms with Crippen molar-refractivity contribution in [2.45, 2.75) is 51.0 Å². The molecule has 2 unspecified atom stereocenters. The molecule has 0 aromatic carbocycles. The summed E-state index contributed by atoms with van der Waals surface area (Å²) in [5, 5.41) is 0. The van der Waals surface area contributed by atoms with Crippen LogP contribution in [0.15, 0.2) is 12.7 Å². The van der Waals surface area contributed by atoms with E-state index in [0.717, 1.165) is 25.3 Å². The molecule has 2 atom stereocenters. The molecule has 0 spiro atoms. The molecule has 4 bridgehead atoms. The summed E-state index contributed by atoms with van der Waals surface area (Å²) >= 11 is 0. The number of hydrogen-bond acceptors (Lipinski definition) is 5. The summed E-state index contributed by atoms with van der Waals surface area (Å²) in [6.45, 7) is 5.65. The van der Waals surface area contributed by atoms with Gasteiger partial charge in [-0.1, -0.05) is 13.5 Å². The van der Waals surface area contributed by atoms with Crippen molar-refractivity contribution in [2.75, 3.05) is 13.2 Å². The van der Waals surface area contributed by atoms with Gasteiger partial charge in [-0.2, -0.15) is 0 Å². The molecule has 0 heterocycles. The number of carbonyl (C=O) groups excluding carboxylic acids is 2. The molecule has 4 aliphatic rings. The van der Waals surface area contributed by atoms with Gasteiger partial charge in [-0.3, -0.25) is 0 Å². The van der Waals surface area contributed by atoms with Crippen molar-refractivity contribution in [1.29, 1.82) is 0 Å². The molecule has 0 radical (unpaired) electrons. The first-order chi connectivity index (χ1) is 10.4. The Kier molecular flexibility index (Phi) is 3.91. The summed E-state index contributed by atoms with van der Waals surface area (Å²) in [7, 11) is 0. The summed E-state index contributed by atoms with van der Waals surface area (Å²) in [4.78, 5) is 22.8.